The maximum atomic E-state index is 13.1. The number of sulfone groups is 1. The Hall–Kier alpha value is -2.34. The number of benzene rings is 2. The van der Waals surface area contributed by atoms with Gasteiger partial charge in [-0.25, -0.2) is 8.42 Å². The monoisotopic (exact) mass is 357 g/mol. The molecule has 1 fully saturated rings. The van der Waals surface area contributed by atoms with E-state index in [0.717, 1.165) is 11.1 Å². The standard InChI is InChI=1S/C19H19NO4S/c1-2-25(22,23)13-11-20(12-13)19(21)18-14-7-3-5-9-16(14)24-17-10-6-4-8-15(17)18/h3-10,13,18H,2,11-12H2,1H3. The van der Waals surface area contributed by atoms with Crippen molar-refractivity contribution in [2.75, 3.05) is 18.8 Å². The van der Waals surface area contributed by atoms with Gasteiger partial charge < -0.3 is 9.64 Å². The molecular weight excluding hydrogens is 338 g/mol. The van der Waals surface area contributed by atoms with E-state index in [4.69, 9.17) is 4.74 Å². The Balaban J connectivity index is 1.66. The Bertz CT molecular complexity index is 886. The van der Waals surface area contributed by atoms with Crippen LogP contribution in [0.4, 0.5) is 0 Å². The van der Waals surface area contributed by atoms with Crippen LogP contribution >= 0.6 is 0 Å². The van der Waals surface area contributed by atoms with Gasteiger partial charge >= 0.3 is 0 Å². The number of nitrogens with zero attached hydrogens (tertiary/aromatic N) is 1. The van der Waals surface area contributed by atoms with Crippen molar-refractivity contribution in [2.45, 2.75) is 18.1 Å². The van der Waals surface area contributed by atoms with Gasteiger partial charge in [0.1, 0.15) is 11.5 Å². The van der Waals surface area contributed by atoms with Crippen molar-refractivity contribution < 1.29 is 17.9 Å². The fourth-order valence-corrected chi connectivity index (χ4v) is 4.73. The van der Waals surface area contributed by atoms with Gasteiger partial charge in [-0.1, -0.05) is 43.3 Å². The van der Waals surface area contributed by atoms with Crippen LogP contribution in [0.2, 0.25) is 0 Å². The summed E-state index contributed by atoms with van der Waals surface area (Å²) in [5.74, 6) is 0.954. The second kappa shape index (κ2) is 5.88. The smallest absolute Gasteiger partial charge is 0.234 e. The van der Waals surface area contributed by atoms with E-state index >= 15 is 0 Å². The highest BCUT2D eigenvalue weighted by Crippen LogP contribution is 2.45. The third kappa shape index (κ3) is 2.61. The minimum absolute atomic E-state index is 0.0641. The van der Waals surface area contributed by atoms with Crippen LogP contribution in [-0.2, 0) is 14.6 Å². The van der Waals surface area contributed by atoms with Gasteiger partial charge in [-0.3, -0.25) is 4.79 Å². The molecule has 25 heavy (non-hydrogen) atoms. The van der Waals surface area contributed by atoms with Crippen molar-refractivity contribution in [1.82, 2.24) is 4.90 Å². The van der Waals surface area contributed by atoms with Gasteiger partial charge in [0.25, 0.3) is 0 Å². The third-order valence-electron chi connectivity index (χ3n) is 5.00. The summed E-state index contributed by atoms with van der Waals surface area (Å²) in [6, 6.07) is 15.0. The average molecular weight is 357 g/mol. The maximum Gasteiger partial charge on any atom is 0.234 e. The van der Waals surface area contributed by atoms with Gasteiger partial charge in [0.15, 0.2) is 9.84 Å². The zero-order valence-corrected chi connectivity index (χ0v) is 14.7. The molecule has 1 saturated heterocycles. The van der Waals surface area contributed by atoms with Crippen molar-refractivity contribution in [3.63, 3.8) is 0 Å². The largest absolute Gasteiger partial charge is 0.457 e. The molecule has 0 aliphatic carbocycles. The summed E-state index contributed by atoms with van der Waals surface area (Å²) in [6.45, 7) is 2.19. The molecule has 6 heteroatoms. The van der Waals surface area contributed by atoms with Crippen molar-refractivity contribution in [1.29, 1.82) is 0 Å². The number of hydrogen-bond acceptors (Lipinski definition) is 4. The fourth-order valence-electron chi connectivity index (χ4n) is 3.44. The van der Waals surface area contributed by atoms with Crippen LogP contribution in [0, 0.1) is 0 Å². The number of ether oxygens (including phenoxy) is 1. The van der Waals surface area contributed by atoms with E-state index in [0.29, 0.717) is 11.5 Å². The van der Waals surface area contributed by atoms with Crippen LogP contribution in [0.25, 0.3) is 0 Å². The molecule has 0 radical (unpaired) electrons. The van der Waals surface area contributed by atoms with Crippen LogP contribution < -0.4 is 4.74 Å². The second-order valence-corrected chi connectivity index (χ2v) is 9.00. The summed E-state index contributed by atoms with van der Waals surface area (Å²) < 4.78 is 29.8. The Kier molecular flexibility index (Phi) is 3.80. The van der Waals surface area contributed by atoms with Gasteiger partial charge in [-0.2, -0.15) is 0 Å². The predicted octanol–water partition coefficient (Wildman–Crippen LogP) is 2.57. The van der Waals surface area contributed by atoms with Crippen LogP contribution in [0.3, 0.4) is 0 Å². The molecule has 0 aromatic heterocycles. The molecule has 4 rings (SSSR count). The highest BCUT2D eigenvalue weighted by molar-refractivity contribution is 7.92. The number of rotatable bonds is 3. The normalized spacial score (nSPS) is 17.2. The first-order valence-corrected chi connectivity index (χ1v) is 10.1. The molecule has 2 aliphatic heterocycles. The van der Waals surface area contributed by atoms with Crippen molar-refractivity contribution in [3.05, 3.63) is 59.7 Å². The molecule has 0 saturated carbocycles. The highest BCUT2D eigenvalue weighted by atomic mass is 32.2. The number of para-hydroxylation sites is 2. The minimum atomic E-state index is -3.10. The lowest BCUT2D eigenvalue weighted by atomic mass is 9.86. The molecule has 2 aromatic rings. The molecule has 2 aliphatic rings. The van der Waals surface area contributed by atoms with Gasteiger partial charge in [-0.05, 0) is 12.1 Å². The molecule has 0 N–H and O–H groups in total. The summed E-state index contributed by atoms with van der Waals surface area (Å²) in [5, 5.41) is -0.438. The number of likely N-dealkylation sites (tertiary alicyclic amines) is 1. The van der Waals surface area contributed by atoms with Gasteiger partial charge in [0.2, 0.25) is 5.91 Å². The molecule has 0 spiro atoms. The van der Waals surface area contributed by atoms with E-state index in [1.807, 2.05) is 48.5 Å². The minimum Gasteiger partial charge on any atom is -0.457 e. The molecule has 2 heterocycles. The maximum absolute atomic E-state index is 13.1. The van der Waals surface area contributed by atoms with Gasteiger partial charge in [0.05, 0.1) is 11.2 Å². The Morgan fingerprint density at radius 2 is 1.56 bits per heavy atom. The Labute approximate surface area is 147 Å². The van der Waals surface area contributed by atoms with Crippen LogP contribution in [0.15, 0.2) is 48.5 Å². The average Bonchev–Trinajstić information content (AvgIpc) is 2.57. The first kappa shape index (κ1) is 16.1. The van der Waals surface area contributed by atoms with E-state index < -0.39 is 21.0 Å². The fraction of sp³-hybridized carbons (Fsp3) is 0.316. The molecule has 130 valence electrons. The molecule has 2 aromatic carbocycles. The first-order valence-electron chi connectivity index (χ1n) is 8.37. The number of hydrogen-bond donors (Lipinski definition) is 0. The highest BCUT2D eigenvalue weighted by Gasteiger charge is 2.43. The zero-order chi connectivity index (χ0) is 17.6. The quantitative estimate of drug-likeness (QED) is 0.847. The molecule has 0 atom stereocenters. The van der Waals surface area contributed by atoms with E-state index in [1.54, 1.807) is 11.8 Å². The summed E-state index contributed by atoms with van der Waals surface area (Å²) in [6.07, 6.45) is 0. The van der Waals surface area contributed by atoms with Crippen molar-refractivity contribution >= 4 is 15.7 Å². The molecular formula is C19H19NO4S. The summed E-state index contributed by atoms with van der Waals surface area (Å²) >= 11 is 0. The third-order valence-corrected chi connectivity index (χ3v) is 7.12. The Morgan fingerprint density at radius 3 is 2.08 bits per heavy atom. The summed E-state index contributed by atoms with van der Waals surface area (Å²) in [5.41, 5.74) is 1.65. The van der Waals surface area contributed by atoms with Crippen LogP contribution in [-0.4, -0.2) is 43.3 Å². The van der Waals surface area contributed by atoms with Gasteiger partial charge in [-0.15, -0.1) is 0 Å². The van der Waals surface area contributed by atoms with Crippen LogP contribution in [0.5, 0.6) is 11.5 Å². The molecule has 0 unspecified atom stereocenters. The summed E-state index contributed by atoms with van der Waals surface area (Å²) in [7, 11) is -3.10. The van der Waals surface area contributed by atoms with Crippen molar-refractivity contribution in [3.8, 4) is 11.5 Å². The van der Waals surface area contributed by atoms with Crippen molar-refractivity contribution in [2.24, 2.45) is 0 Å². The lowest BCUT2D eigenvalue weighted by Crippen LogP contribution is -2.58. The summed E-state index contributed by atoms with van der Waals surface area (Å²) in [4.78, 5) is 14.8. The topological polar surface area (TPSA) is 63.7 Å². The zero-order valence-electron chi connectivity index (χ0n) is 13.9. The van der Waals surface area contributed by atoms with E-state index in [-0.39, 0.29) is 24.7 Å². The van der Waals surface area contributed by atoms with Gasteiger partial charge in [0, 0.05) is 30.0 Å². The van der Waals surface area contributed by atoms with E-state index in [1.165, 1.54) is 0 Å². The van der Waals surface area contributed by atoms with Crippen LogP contribution in [0.1, 0.15) is 24.0 Å². The number of carbonyl (C=O) groups is 1. The number of fused-ring (bicyclic) bond motifs is 2. The second-order valence-electron chi connectivity index (χ2n) is 6.43. The molecule has 5 nitrogen and oxygen atoms in total. The van der Waals surface area contributed by atoms with E-state index in [2.05, 4.69) is 0 Å². The molecule has 0 bridgehead atoms. The Morgan fingerprint density at radius 1 is 1.04 bits per heavy atom. The first-order chi connectivity index (χ1) is 12.0. The lowest BCUT2D eigenvalue weighted by molar-refractivity contribution is -0.135. The predicted molar refractivity (Wildman–Crippen MR) is 94.6 cm³/mol. The number of amides is 1. The SMILES string of the molecule is CCS(=O)(=O)C1CN(C(=O)C2c3ccccc3Oc3ccccc32)C1. The lowest BCUT2D eigenvalue weighted by Gasteiger charge is -2.41. The number of carbonyl (C=O) groups excluding carboxylic acids is 1. The molecule has 1 amide bonds. The van der Waals surface area contributed by atoms with E-state index in [9.17, 15) is 13.2 Å².